The summed E-state index contributed by atoms with van der Waals surface area (Å²) in [4.78, 5) is 14.4. The third kappa shape index (κ3) is 4.53. The van der Waals surface area contributed by atoms with Crippen LogP contribution in [0.1, 0.15) is 37.7 Å². The van der Waals surface area contributed by atoms with Gasteiger partial charge < -0.3 is 16.0 Å². The Morgan fingerprint density at radius 1 is 1.25 bits per heavy atom. The fraction of sp³-hybridized carbons (Fsp3) is 0.562. The molecule has 1 aromatic carbocycles. The average molecular weight is 275 g/mol. The number of nitrogens with two attached hydrogens (primary N) is 1. The molecule has 110 valence electrons. The second-order valence-electron chi connectivity index (χ2n) is 5.63. The molecule has 1 aliphatic heterocycles. The quantitative estimate of drug-likeness (QED) is 0.831. The second-order valence-corrected chi connectivity index (χ2v) is 5.63. The smallest absolute Gasteiger partial charge is 0.225 e. The lowest BCUT2D eigenvalue weighted by molar-refractivity contribution is -0.116. The minimum Gasteiger partial charge on any atom is -0.399 e. The van der Waals surface area contributed by atoms with Crippen LogP contribution in [0.25, 0.3) is 0 Å². The molecule has 0 unspecified atom stereocenters. The molecule has 0 spiro atoms. The highest BCUT2D eigenvalue weighted by Crippen LogP contribution is 2.18. The van der Waals surface area contributed by atoms with Crippen molar-refractivity contribution >= 4 is 17.3 Å². The van der Waals surface area contributed by atoms with Crippen LogP contribution in [-0.4, -0.2) is 30.4 Å². The van der Waals surface area contributed by atoms with Gasteiger partial charge >= 0.3 is 0 Å². The molecule has 4 nitrogen and oxygen atoms in total. The monoisotopic (exact) mass is 275 g/mol. The highest BCUT2D eigenvalue weighted by atomic mass is 16.1. The van der Waals surface area contributed by atoms with Crippen LogP contribution in [-0.2, 0) is 4.79 Å². The summed E-state index contributed by atoms with van der Waals surface area (Å²) in [6.07, 6.45) is 5.72. The number of carbonyl (C=O) groups excluding carboxylic acids is 1. The van der Waals surface area contributed by atoms with Crippen LogP contribution in [0.3, 0.4) is 0 Å². The average Bonchev–Trinajstić information content (AvgIpc) is 2.69. The molecule has 1 fully saturated rings. The lowest BCUT2D eigenvalue weighted by Gasteiger charge is -2.19. The Kier molecular flexibility index (Phi) is 5.41. The topological polar surface area (TPSA) is 58.4 Å². The van der Waals surface area contributed by atoms with Crippen LogP contribution in [0.5, 0.6) is 0 Å². The number of amides is 1. The summed E-state index contributed by atoms with van der Waals surface area (Å²) in [5, 5.41) is 2.96. The van der Waals surface area contributed by atoms with Gasteiger partial charge in [0.25, 0.3) is 0 Å². The van der Waals surface area contributed by atoms with Gasteiger partial charge in [0.1, 0.15) is 0 Å². The van der Waals surface area contributed by atoms with E-state index in [2.05, 4.69) is 10.2 Å². The third-order valence-corrected chi connectivity index (χ3v) is 3.89. The number of likely N-dealkylation sites (tertiary alicyclic amines) is 1. The van der Waals surface area contributed by atoms with Crippen LogP contribution in [0, 0.1) is 6.92 Å². The number of nitrogen functional groups attached to an aromatic ring is 1. The van der Waals surface area contributed by atoms with Crippen molar-refractivity contribution in [1.29, 1.82) is 0 Å². The van der Waals surface area contributed by atoms with Crippen LogP contribution >= 0.6 is 0 Å². The normalized spacial score (nSPS) is 16.6. The lowest BCUT2D eigenvalue weighted by Crippen LogP contribution is -2.28. The van der Waals surface area contributed by atoms with E-state index >= 15 is 0 Å². The fourth-order valence-corrected chi connectivity index (χ4v) is 2.61. The van der Waals surface area contributed by atoms with Crippen LogP contribution in [0.2, 0.25) is 0 Å². The molecule has 1 aliphatic rings. The van der Waals surface area contributed by atoms with Gasteiger partial charge in [0.2, 0.25) is 5.91 Å². The number of aryl methyl sites for hydroxylation is 1. The van der Waals surface area contributed by atoms with Gasteiger partial charge in [-0.1, -0.05) is 18.9 Å². The SMILES string of the molecule is Cc1ccc(N)cc1NC(=O)CCN1CCCCCC1. The van der Waals surface area contributed by atoms with E-state index in [-0.39, 0.29) is 5.91 Å². The van der Waals surface area contributed by atoms with E-state index in [1.807, 2.05) is 25.1 Å². The number of hydrogen-bond donors (Lipinski definition) is 2. The molecule has 20 heavy (non-hydrogen) atoms. The van der Waals surface area contributed by atoms with Gasteiger partial charge in [0.05, 0.1) is 0 Å². The molecule has 1 heterocycles. The summed E-state index contributed by atoms with van der Waals surface area (Å²) >= 11 is 0. The maximum Gasteiger partial charge on any atom is 0.225 e. The number of hydrogen-bond acceptors (Lipinski definition) is 3. The summed E-state index contributed by atoms with van der Waals surface area (Å²) in [7, 11) is 0. The van der Waals surface area contributed by atoms with Gasteiger partial charge in [0, 0.05) is 24.3 Å². The van der Waals surface area contributed by atoms with E-state index in [0.29, 0.717) is 12.1 Å². The number of nitrogens with zero attached hydrogens (tertiary/aromatic N) is 1. The van der Waals surface area contributed by atoms with Gasteiger partial charge in [-0.15, -0.1) is 0 Å². The standard InChI is InChI=1S/C16H25N3O/c1-13-6-7-14(17)12-15(13)18-16(20)8-11-19-9-4-2-3-5-10-19/h6-7,12H,2-5,8-11,17H2,1H3,(H,18,20). The first-order valence-corrected chi connectivity index (χ1v) is 7.53. The Morgan fingerprint density at radius 3 is 2.65 bits per heavy atom. The number of carbonyl (C=O) groups is 1. The Balaban J connectivity index is 1.81. The van der Waals surface area contributed by atoms with E-state index in [9.17, 15) is 4.79 Å². The second kappa shape index (κ2) is 7.29. The molecular weight excluding hydrogens is 250 g/mol. The summed E-state index contributed by atoms with van der Waals surface area (Å²) in [5.74, 6) is 0.0722. The number of nitrogens with one attached hydrogen (secondary N) is 1. The van der Waals surface area contributed by atoms with Crippen molar-refractivity contribution in [1.82, 2.24) is 4.90 Å². The minimum atomic E-state index is 0.0722. The maximum atomic E-state index is 12.0. The van der Waals surface area contributed by atoms with Crippen molar-refractivity contribution in [2.24, 2.45) is 0 Å². The molecule has 3 N–H and O–H groups in total. The molecule has 0 radical (unpaired) electrons. The summed E-state index contributed by atoms with van der Waals surface area (Å²) in [6.45, 7) is 5.09. The first-order valence-electron chi connectivity index (χ1n) is 7.53. The van der Waals surface area contributed by atoms with Crippen molar-refractivity contribution in [3.8, 4) is 0 Å². The van der Waals surface area contributed by atoms with E-state index in [1.54, 1.807) is 0 Å². The third-order valence-electron chi connectivity index (χ3n) is 3.89. The van der Waals surface area contributed by atoms with Gasteiger partial charge in [-0.2, -0.15) is 0 Å². The molecule has 2 rings (SSSR count). The Bertz CT molecular complexity index is 451. The Labute approximate surface area is 121 Å². The van der Waals surface area contributed by atoms with Gasteiger partial charge in [-0.05, 0) is 50.6 Å². The van der Waals surface area contributed by atoms with Crippen molar-refractivity contribution < 1.29 is 4.79 Å². The fourth-order valence-electron chi connectivity index (χ4n) is 2.61. The molecule has 0 aromatic heterocycles. The Hall–Kier alpha value is -1.55. The zero-order valence-electron chi connectivity index (χ0n) is 12.3. The molecule has 1 saturated heterocycles. The highest BCUT2D eigenvalue weighted by Gasteiger charge is 2.11. The summed E-state index contributed by atoms with van der Waals surface area (Å²) in [6, 6.07) is 5.60. The largest absolute Gasteiger partial charge is 0.399 e. The minimum absolute atomic E-state index is 0.0722. The molecular formula is C16H25N3O. The zero-order valence-corrected chi connectivity index (χ0v) is 12.3. The highest BCUT2D eigenvalue weighted by molar-refractivity contribution is 5.92. The zero-order chi connectivity index (χ0) is 14.4. The molecule has 1 amide bonds. The molecule has 0 saturated carbocycles. The van der Waals surface area contributed by atoms with Crippen LogP contribution in [0.15, 0.2) is 18.2 Å². The Morgan fingerprint density at radius 2 is 1.95 bits per heavy atom. The molecule has 0 atom stereocenters. The van der Waals surface area contributed by atoms with Gasteiger partial charge in [0.15, 0.2) is 0 Å². The van der Waals surface area contributed by atoms with Gasteiger partial charge in [-0.3, -0.25) is 4.79 Å². The van der Waals surface area contributed by atoms with Crippen LogP contribution in [0.4, 0.5) is 11.4 Å². The van der Waals surface area contributed by atoms with Gasteiger partial charge in [-0.25, -0.2) is 0 Å². The van der Waals surface area contributed by atoms with E-state index in [4.69, 9.17) is 5.73 Å². The maximum absolute atomic E-state index is 12.0. The predicted molar refractivity (Wildman–Crippen MR) is 83.7 cm³/mol. The lowest BCUT2D eigenvalue weighted by atomic mass is 10.2. The van der Waals surface area contributed by atoms with Crippen LogP contribution < -0.4 is 11.1 Å². The van der Waals surface area contributed by atoms with Crippen molar-refractivity contribution in [2.45, 2.75) is 39.0 Å². The van der Waals surface area contributed by atoms with Crippen molar-refractivity contribution in [3.63, 3.8) is 0 Å². The summed E-state index contributed by atoms with van der Waals surface area (Å²) < 4.78 is 0. The predicted octanol–water partition coefficient (Wildman–Crippen LogP) is 2.78. The van der Waals surface area contributed by atoms with E-state index < -0.39 is 0 Å². The number of benzene rings is 1. The molecule has 0 bridgehead atoms. The number of rotatable bonds is 4. The van der Waals surface area contributed by atoms with Crippen molar-refractivity contribution in [2.75, 3.05) is 30.7 Å². The van der Waals surface area contributed by atoms with Crippen molar-refractivity contribution in [3.05, 3.63) is 23.8 Å². The molecule has 1 aromatic rings. The molecule has 4 heteroatoms. The van der Waals surface area contributed by atoms with E-state index in [0.717, 1.165) is 30.9 Å². The first kappa shape index (κ1) is 14.9. The molecule has 0 aliphatic carbocycles. The van der Waals surface area contributed by atoms with E-state index in [1.165, 1.54) is 25.7 Å². The summed E-state index contributed by atoms with van der Waals surface area (Å²) in [5.41, 5.74) is 8.30. The number of anilines is 2. The first-order chi connectivity index (χ1) is 9.65.